The van der Waals surface area contributed by atoms with Crippen molar-refractivity contribution in [2.75, 3.05) is 13.6 Å². The van der Waals surface area contributed by atoms with Gasteiger partial charge in [0, 0.05) is 6.54 Å². The number of halogens is 1. The molecule has 0 spiro atoms. The fourth-order valence-electron chi connectivity index (χ4n) is 0.922. The lowest BCUT2D eigenvalue weighted by atomic mass is 10.0. The van der Waals surface area contributed by atoms with E-state index in [0.717, 1.165) is 0 Å². The van der Waals surface area contributed by atoms with Crippen LogP contribution in [0.1, 0.15) is 0 Å². The number of nitrogens with one attached hydrogen (secondary N) is 1. The Morgan fingerprint density at radius 1 is 1.00 bits per heavy atom. The standard InChI is InChI=1S/C7H16ClNO5/c1-9-2-3(10)4(11)5(12)6(13)7(8)14/h3-7,9-14H,2H2,1H3. The molecule has 6 N–H and O–H groups in total. The van der Waals surface area contributed by atoms with Crippen molar-refractivity contribution in [3.8, 4) is 0 Å². The molecule has 86 valence electrons. The smallest absolute Gasteiger partial charge is 0.156 e. The summed E-state index contributed by atoms with van der Waals surface area (Å²) in [5, 5.41) is 48.0. The molecule has 0 aromatic rings. The molecule has 0 amide bonds. The maximum Gasteiger partial charge on any atom is 0.156 e. The van der Waals surface area contributed by atoms with Crippen molar-refractivity contribution in [3.63, 3.8) is 0 Å². The molecule has 0 aliphatic rings. The number of hydrogen-bond acceptors (Lipinski definition) is 6. The fraction of sp³-hybridized carbons (Fsp3) is 1.00. The Hall–Kier alpha value is 0.0500. The lowest BCUT2D eigenvalue weighted by molar-refractivity contribution is -0.119. The summed E-state index contributed by atoms with van der Waals surface area (Å²) in [6.07, 6.45) is -6.24. The Labute approximate surface area is 86.8 Å². The van der Waals surface area contributed by atoms with Crippen LogP contribution in [-0.4, -0.2) is 69.1 Å². The van der Waals surface area contributed by atoms with E-state index in [4.69, 9.17) is 21.8 Å². The number of aliphatic hydroxyl groups is 5. The Kier molecular flexibility index (Phi) is 6.54. The molecule has 0 bridgehead atoms. The number of aliphatic hydroxyl groups excluding tert-OH is 5. The van der Waals surface area contributed by atoms with E-state index in [2.05, 4.69) is 5.32 Å². The Morgan fingerprint density at radius 3 is 1.86 bits per heavy atom. The predicted octanol–water partition coefficient (Wildman–Crippen LogP) is -2.79. The average molecular weight is 230 g/mol. The normalized spacial score (nSPS) is 22.5. The summed E-state index contributed by atoms with van der Waals surface area (Å²) in [6, 6.07) is 0. The van der Waals surface area contributed by atoms with Gasteiger partial charge in [0.2, 0.25) is 0 Å². The molecule has 0 saturated carbocycles. The van der Waals surface area contributed by atoms with Crippen molar-refractivity contribution in [2.24, 2.45) is 0 Å². The third-order valence-electron chi connectivity index (χ3n) is 1.79. The molecule has 0 aromatic carbocycles. The van der Waals surface area contributed by atoms with E-state index in [1.165, 1.54) is 0 Å². The van der Waals surface area contributed by atoms with Crippen molar-refractivity contribution in [3.05, 3.63) is 0 Å². The summed E-state index contributed by atoms with van der Waals surface area (Å²) in [5.41, 5.74) is -1.69. The van der Waals surface area contributed by atoms with Crippen LogP contribution in [0, 0.1) is 0 Å². The first-order chi connectivity index (χ1) is 6.41. The van der Waals surface area contributed by atoms with Crippen molar-refractivity contribution in [1.29, 1.82) is 0 Å². The zero-order valence-corrected chi connectivity index (χ0v) is 8.46. The highest BCUT2D eigenvalue weighted by Crippen LogP contribution is 2.10. The molecule has 0 aliphatic heterocycles. The Morgan fingerprint density at radius 2 is 1.50 bits per heavy atom. The van der Waals surface area contributed by atoms with Crippen molar-refractivity contribution in [2.45, 2.75) is 30.0 Å². The van der Waals surface area contributed by atoms with E-state index in [1.54, 1.807) is 7.05 Å². The summed E-state index contributed by atoms with van der Waals surface area (Å²) in [7, 11) is 1.55. The molecule has 5 atom stereocenters. The van der Waals surface area contributed by atoms with E-state index < -0.39 is 30.0 Å². The lowest BCUT2D eigenvalue weighted by Gasteiger charge is -2.26. The van der Waals surface area contributed by atoms with Gasteiger partial charge in [-0.3, -0.25) is 0 Å². The molecule has 7 heteroatoms. The zero-order valence-electron chi connectivity index (χ0n) is 7.71. The van der Waals surface area contributed by atoms with Crippen LogP contribution in [0.4, 0.5) is 0 Å². The molecule has 0 aliphatic carbocycles. The summed E-state index contributed by atoms with van der Waals surface area (Å²) in [6.45, 7) is 0.0450. The van der Waals surface area contributed by atoms with E-state index in [-0.39, 0.29) is 6.54 Å². The van der Waals surface area contributed by atoms with Gasteiger partial charge in [0.05, 0.1) is 6.10 Å². The lowest BCUT2D eigenvalue weighted by Crippen LogP contribution is -2.50. The van der Waals surface area contributed by atoms with Crippen LogP contribution in [0.3, 0.4) is 0 Å². The van der Waals surface area contributed by atoms with Gasteiger partial charge >= 0.3 is 0 Å². The average Bonchev–Trinajstić information content (AvgIpc) is 2.14. The second kappa shape index (κ2) is 6.52. The van der Waals surface area contributed by atoms with E-state index in [0.29, 0.717) is 0 Å². The van der Waals surface area contributed by atoms with Crippen LogP contribution in [0.25, 0.3) is 0 Å². The molecule has 6 nitrogen and oxygen atoms in total. The quantitative estimate of drug-likeness (QED) is 0.275. The second-order valence-electron chi connectivity index (χ2n) is 2.97. The molecule has 0 aromatic heterocycles. The van der Waals surface area contributed by atoms with Gasteiger partial charge in [-0.15, -0.1) is 0 Å². The molecule has 0 radical (unpaired) electrons. The molecule has 5 unspecified atom stereocenters. The first-order valence-corrected chi connectivity index (χ1v) is 4.54. The Bertz CT molecular complexity index is 159. The van der Waals surface area contributed by atoms with Gasteiger partial charge in [-0.2, -0.15) is 0 Å². The van der Waals surface area contributed by atoms with Gasteiger partial charge in [-0.1, -0.05) is 11.6 Å². The van der Waals surface area contributed by atoms with Gasteiger partial charge in [-0.05, 0) is 7.05 Å². The van der Waals surface area contributed by atoms with Gasteiger partial charge in [-0.25, -0.2) is 0 Å². The van der Waals surface area contributed by atoms with Crippen LogP contribution in [0.5, 0.6) is 0 Å². The third kappa shape index (κ3) is 4.05. The van der Waals surface area contributed by atoms with E-state index in [9.17, 15) is 15.3 Å². The van der Waals surface area contributed by atoms with Crippen LogP contribution < -0.4 is 5.32 Å². The minimum Gasteiger partial charge on any atom is -0.389 e. The highest BCUT2D eigenvalue weighted by Gasteiger charge is 2.33. The van der Waals surface area contributed by atoms with Crippen molar-refractivity contribution >= 4 is 11.6 Å². The first-order valence-electron chi connectivity index (χ1n) is 4.10. The zero-order chi connectivity index (χ0) is 11.3. The van der Waals surface area contributed by atoms with Gasteiger partial charge in [0.1, 0.15) is 18.3 Å². The van der Waals surface area contributed by atoms with Gasteiger partial charge in [0.25, 0.3) is 0 Å². The summed E-state index contributed by atoms with van der Waals surface area (Å²) in [4.78, 5) is 0. The predicted molar refractivity (Wildman–Crippen MR) is 49.8 cm³/mol. The number of alkyl halides is 1. The molecular weight excluding hydrogens is 214 g/mol. The Balaban J connectivity index is 4.15. The second-order valence-corrected chi connectivity index (χ2v) is 3.42. The third-order valence-corrected chi connectivity index (χ3v) is 2.05. The van der Waals surface area contributed by atoms with Crippen LogP contribution in [0.2, 0.25) is 0 Å². The molecule has 14 heavy (non-hydrogen) atoms. The first kappa shape index (κ1) is 14.1. The van der Waals surface area contributed by atoms with Crippen molar-refractivity contribution in [1.82, 2.24) is 5.32 Å². The van der Waals surface area contributed by atoms with Crippen LogP contribution in [-0.2, 0) is 0 Å². The van der Waals surface area contributed by atoms with Crippen LogP contribution in [0.15, 0.2) is 0 Å². The van der Waals surface area contributed by atoms with E-state index >= 15 is 0 Å². The monoisotopic (exact) mass is 229 g/mol. The summed E-state index contributed by atoms with van der Waals surface area (Å²) >= 11 is 5.09. The SMILES string of the molecule is CNCC(O)C(O)C(O)C(O)C(O)Cl. The highest BCUT2D eigenvalue weighted by molar-refractivity contribution is 6.19. The maximum absolute atomic E-state index is 9.27. The largest absolute Gasteiger partial charge is 0.389 e. The van der Waals surface area contributed by atoms with Gasteiger partial charge in [0.15, 0.2) is 5.56 Å². The maximum atomic E-state index is 9.27. The minimum atomic E-state index is -1.71. The number of rotatable bonds is 6. The molecule has 0 heterocycles. The number of likely N-dealkylation sites (N-methyl/N-ethyl adjacent to an activating group) is 1. The molecule has 0 rings (SSSR count). The fourth-order valence-corrected chi connectivity index (χ4v) is 1.07. The topological polar surface area (TPSA) is 113 Å². The molecular formula is C7H16ClNO5. The van der Waals surface area contributed by atoms with Crippen LogP contribution >= 0.6 is 11.6 Å². The minimum absolute atomic E-state index is 0.0450. The van der Waals surface area contributed by atoms with Gasteiger partial charge < -0.3 is 30.8 Å². The summed E-state index contributed by atoms with van der Waals surface area (Å²) < 4.78 is 0. The van der Waals surface area contributed by atoms with Crippen molar-refractivity contribution < 1.29 is 25.5 Å². The van der Waals surface area contributed by atoms with E-state index in [1.807, 2.05) is 0 Å². The number of hydrogen-bond donors (Lipinski definition) is 6. The summed E-state index contributed by atoms with van der Waals surface area (Å²) in [5.74, 6) is 0. The highest BCUT2D eigenvalue weighted by atomic mass is 35.5. The molecule has 0 fully saturated rings. The molecule has 0 saturated heterocycles.